The normalized spacial score (nSPS) is 10.9. The van der Waals surface area contributed by atoms with Crippen molar-refractivity contribution in [3.63, 3.8) is 0 Å². The molecule has 0 amide bonds. The molecule has 0 aliphatic heterocycles. The molecule has 1 heterocycles. The van der Waals surface area contributed by atoms with Crippen molar-refractivity contribution < 1.29 is 17.9 Å². The first kappa shape index (κ1) is 13.9. The summed E-state index contributed by atoms with van der Waals surface area (Å²) in [7, 11) is 1.18. The zero-order valence-electron chi connectivity index (χ0n) is 10.4. The quantitative estimate of drug-likeness (QED) is 0.842. The van der Waals surface area contributed by atoms with Gasteiger partial charge in [-0.1, -0.05) is 6.07 Å². The Labute approximate surface area is 113 Å². The fourth-order valence-corrected chi connectivity index (χ4v) is 1.82. The van der Waals surface area contributed by atoms with Gasteiger partial charge in [0, 0.05) is 11.8 Å². The Bertz CT molecular complexity index is 675. The van der Waals surface area contributed by atoms with Gasteiger partial charge in [-0.05, 0) is 29.8 Å². The highest BCUT2D eigenvalue weighted by Crippen LogP contribution is 2.38. The lowest BCUT2D eigenvalue weighted by Crippen LogP contribution is -2.07. The summed E-state index contributed by atoms with van der Waals surface area (Å²) >= 11 is 0. The minimum atomic E-state index is -4.53. The van der Waals surface area contributed by atoms with Gasteiger partial charge in [0.25, 0.3) is 0 Å². The minimum Gasteiger partial charge on any atom is -0.496 e. The van der Waals surface area contributed by atoms with Gasteiger partial charge < -0.3 is 4.74 Å². The van der Waals surface area contributed by atoms with Gasteiger partial charge >= 0.3 is 6.18 Å². The number of halogens is 3. The van der Waals surface area contributed by atoms with Crippen molar-refractivity contribution in [1.82, 2.24) is 4.98 Å². The summed E-state index contributed by atoms with van der Waals surface area (Å²) in [5.74, 6) is -0.261. The first-order valence-corrected chi connectivity index (χ1v) is 5.58. The number of nitriles is 1. The molecule has 0 unspecified atom stereocenters. The lowest BCUT2D eigenvalue weighted by Gasteiger charge is -2.13. The highest BCUT2D eigenvalue weighted by atomic mass is 19.4. The second kappa shape index (κ2) is 5.21. The van der Waals surface area contributed by atoms with E-state index in [1.165, 1.54) is 25.4 Å². The largest absolute Gasteiger partial charge is 0.496 e. The summed E-state index contributed by atoms with van der Waals surface area (Å²) in [5, 5.41) is 8.95. The molecule has 3 nitrogen and oxygen atoms in total. The molecule has 102 valence electrons. The van der Waals surface area contributed by atoms with Crippen molar-refractivity contribution in [1.29, 1.82) is 5.26 Å². The molecular formula is C14H9F3N2O. The zero-order valence-corrected chi connectivity index (χ0v) is 10.4. The van der Waals surface area contributed by atoms with E-state index < -0.39 is 11.7 Å². The van der Waals surface area contributed by atoms with E-state index in [-0.39, 0.29) is 17.0 Å². The first-order chi connectivity index (χ1) is 9.47. The third-order valence-corrected chi connectivity index (χ3v) is 2.73. The Hall–Kier alpha value is -2.55. The van der Waals surface area contributed by atoms with Crippen LogP contribution in [0.3, 0.4) is 0 Å². The molecule has 0 bridgehead atoms. The molecule has 0 radical (unpaired) electrons. The average molecular weight is 278 g/mol. The predicted molar refractivity (Wildman–Crippen MR) is 65.9 cm³/mol. The highest BCUT2D eigenvalue weighted by molar-refractivity contribution is 5.70. The molecule has 0 aliphatic rings. The highest BCUT2D eigenvalue weighted by Gasteiger charge is 2.34. The maximum Gasteiger partial charge on any atom is 0.419 e. The number of benzene rings is 1. The van der Waals surface area contributed by atoms with Crippen LogP contribution in [0, 0.1) is 11.3 Å². The van der Waals surface area contributed by atoms with E-state index in [1.807, 2.05) is 6.07 Å². The first-order valence-electron chi connectivity index (χ1n) is 5.58. The second-order valence-electron chi connectivity index (χ2n) is 3.92. The fraction of sp³-hybridized carbons (Fsp3) is 0.143. The Morgan fingerprint density at radius 3 is 2.60 bits per heavy atom. The van der Waals surface area contributed by atoms with E-state index >= 15 is 0 Å². The molecule has 0 N–H and O–H groups in total. The summed E-state index contributed by atoms with van der Waals surface area (Å²) in [4.78, 5) is 3.83. The van der Waals surface area contributed by atoms with E-state index in [0.29, 0.717) is 5.56 Å². The van der Waals surface area contributed by atoms with Crippen LogP contribution < -0.4 is 4.74 Å². The molecule has 2 rings (SSSR count). The van der Waals surface area contributed by atoms with Crippen LogP contribution in [-0.4, -0.2) is 12.1 Å². The maximum atomic E-state index is 13.0. The van der Waals surface area contributed by atoms with Gasteiger partial charge in [-0.15, -0.1) is 0 Å². The molecule has 0 saturated heterocycles. The van der Waals surface area contributed by atoms with Crippen LogP contribution in [-0.2, 0) is 6.18 Å². The van der Waals surface area contributed by atoms with Crippen LogP contribution in [0.1, 0.15) is 11.3 Å². The summed E-state index contributed by atoms with van der Waals surface area (Å²) < 4.78 is 43.6. The molecule has 2 aromatic rings. The molecule has 0 atom stereocenters. The molecular weight excluding hydrogens is 269 g/mol. The van der Waals surface area contributed by atoms with E-state index in [2.05, 4.69) is 4.98 Å². The fourth-order valence-electron chi connectivity index (χ4n) is 1.82. The van der Waals surface area contributed by atoms with E-state index in [9.17, 15) is 13.2 Å². The molecule has 1 aromatic heterocycles. The van der Waals surface area contributed by atoms with Gasteiger partial charge in [0.05, 0.1) is 12.7 Å². The summed E-state index contributed by atoms with van der Waals surface area (Å²) in [6, 6.07) is 8.62. The van der Waals surface area contributed by atoms with Crippen molar-refractivity contribution in [2.75, 3.05) is 7.11 Å². The van der Waals surface area contributed by atoms with Gasteiger partial charge in [-0.3, -0.25) is 0 Å². The van der Waals surface area contributed by atoms with Gasteiger partial charge in [0.15, 0.2) is 0 Å². The third-order valence-electron chi connectivity index (χ3n) is 2.73. The standard InChI is InChI=1S/C14H9F3N2O/c1-20-13-5-4-9(7-11(13)14(15,16)17)10-3-2-6-19-12(10)8-18/h2-7H,1H3. The van der Waals surface area contributed by atoms with Crippen molar-refractivity contribution in [3.8, 4) is 22.9 Å². The Balaban J connectivity index is 2.63. The van der Waals surface area contributed by atoms with Gasteiger partial charge in [0.1, 0.15) is 17.5 Å². The molecule has 1 aromatic carbocycles. The zero-order chi connectivity index (χ0) is 14.8. The topological polar surface area (TPSA) is 45.9 Å². The molecule has 0 spiro atoms. The van der Waals surface area contributed by atoms with Crippen LogP contribution in [0.25, 0.3) is 11.1 Å². The van der Waals surface area contributed by atoms with Gasteiger partial charge in [0.2, 0.25) is 0 Å². The summed E-state index contributed by atoms with van der Waals surface area (Å²) in [5.41, 5.74) is -0.193. The molecule has 0 aliphatic carbocycles. The summed E-state index contributed by atoms with van der Waals surface area (Å²) in [6.07, 6.45) is -3.12. The maximum absolute atomic E-state index is 13.0. The van der Waals surface area contributed by atoms with Crippen LogP contribution in [0.5, 0.6) is 5.75 Å². The number of alkyl halides is 3. The van der Waals surface area contributed by atoms with Crippen molar-refractivity contribution in [2.45, 2.75) is 6.18 Å². The molecule has 0 saturated carbocycles. The van der Waals surface area contributed by atoms with Crippen LogP contribution in [0.15, 0.2) is 36.5 Å². The van der Waals surface area contributed by atoms with Crippen LogP contribution >= 0.6 is 0 Å². The predicted octanol–water partition coefficient (Wildman–Crippen LogP) is 3.65. The number of ether oxygens (including phenoxy) is 1. The number of methoxy groups -OCH3 is 1. The molecule has 20 heavy (non-hydrogen) atoms. The Morgan fingerprint density at radius 2 is 2.00 bits per heavy atom. The third kappa shape index (κ3) is 2.57. The van der Waals surface area contributed by atoms with Crippen molar-refractivity contribution >= 4 is 0 Å². The summed E-state index contributed by atoms with van der Waals surface area (Å²) in [6.45, 7) is 0. The number of pyridine rings is 1. The lowest BCUT2D eigenvalue weighted by molar-refractivity contribution is -0.138. The van der Waals surface area contributed by atoms with Gasteiger partial charge in [-0.25, -0.2) is 4.98 Å². The van der Waals surface area contributed by atoms with Crippen LogP contribution in [0.2, 0.25) is 0 Å². The number of nitrogens with zero attached hydrogens (tertiary/aromatic N) is 2. The van der Waals surface area contributed by atoms with E-state index in [4.69, 9.17) is 10.00 Å². The van der Waals surface area contributed by atoms with Crippen LogP contribution in [0.4, 0.5) is 13.2 Å². The molecule has 6 heteroatoms. The SMILES string of the molecule is COc1ccc(-c2cccnc2C#N)cc1C(F)(F)F. The lowest BCUT2D eigenvalue weighted by atomic mass is 10.0. The van der Waals surface area contributed by atoms with Crippen molar-refractivity contribution in [2.24, 2.45) is 0 Å². The minimum absolute atomic E-state index is 0.0748. The Morgan fingerprint density at radius 1 is 1.25 bits per heavy atom. The van der Waals surface area contributed by atoms with E-state index in [0.717, 1.165) is 6.07 Å². The number of hydrogen-bond donors (Lipinski definition) is 0. The number of rotatable bonds is 2. The Kier molecular flexibility index (Phi) is 3.61. The van der Waals surface area contributed by atoms with Crippen molar-refractivity contribution in [3.05, 3.63) is 47.8 Å². The number of hydrogen-bond acceptors (Lipinski definition) is 3. The second-order valence-corrected chi connectivity index (χ2v) is 3.92. The molecule has 0 fully saturated rings. The smallest absolute Gasteiger partial charge is 0.419 e. The van der Waals surface area contributed by atoms with Gasteiger partial charge in [-0.2, -0.15) is 18.4 Å². The monoisotopic (exact) mass is 278 g/mol. The average Bonchev–Trinajstić information content (AvgIpc) is 2.45. The number of aromatic nitrogens is 1. The van der Waals surface area contributed by atoms with E-state index in [1.54, 1.807) is 12.1 Å².